The molecule has 1 unspecified atom stereocenters. The average Bonchev–Trinajstić information content (AvgIpc) is 2.81. The zero-order valence-corrected chi connectivity index (χ0v) is 13.9. The predicted molar refractivity (Wildman–Crippen MR) is 86.9 cm³/mol. The van der Waals surface area contributed by atoms with Crippen molar-refractivity contribution in [2.75, 3.05) is 38.7 Å². The molecule has 0 amide bonds. The molecule has 0 aromatic carbocycles. The molecule has 120 valence electrons. The van der Waals surface area contributed by atoms with E-state index in [0.29, 0.717) is 12.6 Å². The number of aromatic nitrogens is 2. The largest absolute Gasteiger partial charge is 0.383 e. The molecule has 1 N–H and O–H groups in total. The molecular weight excluding hydrogens is 264 g/mol. The van der Waals surface area contributed by atoms with Crippen molar-refractivity contribution in [3.8, 4) is 0 Å². The van der Waals surface area contributed by atoms with E-state index in [1.54, 1.807) is 7.11 Å². The van der Waals surface area contributed by atoms with Gasteiger partial charge in [-0.25, -0.2) is 4.98 Å². The minimum absolute atomic E-state index is 0.274. The SMILES string of the molecule is CCCN1CCC(n2cc(C)nc2NC(C)COC)CC1. The summed E-state index contributed by atoms with van der Waals surface area (Å²) in [5.41, 5.74) is 1.08. The summed E-state index contributed by atoms with van der Waals surface area (Å²) in [6, 6.07) is 0.840. The number of nitrogens with one attached hydrogen (secondary N) is 1. The Morgan fingerprint density at radius 1 is 1.43 bits per heavy atom. The third kappa shape index (κ3) is 4.45. The van der Waals surface area contributed by atoms with E-state index in [9.17, 15) is 0 Å². The molecule has 21 heavy (non-hydrogen) atoms. The number of aryl methyl sites for hydroxylation is 1. The van der Waals surface area contributed by atoms with E-state index in [1.165, 1.54) is 38.9 Å². The zero-order valence-electron chi connectivity index (χ0n) is 13.9. The lowest BCUT2D eigenvalue weighted by Gasteiger charge is -2.33. The van der Waals surface area contributed by atoms with Crippen LogP contribution in [0, 0.1) is 6.92 Å². The highest BCUT2D eigenvalue weighted by molar-refractivity contribution is 5.31. The molecule has 1 aliphatic rings. The average molecular weight is 294 g/mol. The molecule has 2 rings (SSSR count). The maximum absolute atomic E-state index is 5.20. The number of rotatable bonds is 7. The van der Waals surface area contributed by atoms with Gasteiger partial charge in [0.15, 0.2) is 0 Å². The van der Waals surface area contributed by atoms with Gasteiger partial charge in [0.25, 0.3) is 0 Å². The number of likely N-dealkylation sites (tertiary alicyclic amines) is 1. The number of anilines is 1. The summed E-state index contributed by atoms with van der Waals surface area (Å²) in [4.78, 5) is 7.22. The van der Waals surface area contributed by atoms with Crippen LogP contribution in [0.5, 0.6) is 0 Å². The van der Waals surface area contributed by atoms with Gasteiger partial charge in [0, 0.05) is 38.5 Å². The summed E-state index contributed by atoms with van der Waals surface area (Å²) in [6.45, 7) is 10.8. The molecule has 1 fully saturated rings. The van der Waals surface area contributed by atoms with Crippen LogP contribution in [-0.4, -0.2) is 53.8 Å². The predicted octanol–water partition coefficient (Wildman–Crippen LogP) is 2.69. The molecule has 1 aromatic rings. The van der Waals surface area contributed by atoms with Crippen LogP contribution in [0.15, 0.2) is 6.20 Å². The van der Waals surface area contributed by atoms with Gasteiger partial charge < -0.3 is 19.5 Å². The normalized spacial score (nSPS) is 18.9. The summed E-state index contributed by atoms with van der Waals surface area (Å²) < 4.78 is 7.54. The van der Waals surface area contributed by atoms with Crippen molar-refractivity contribution in [1.29, 1.82) is 0 Å². The van der Waals surface area contributed by atoms with Crippen LogP contribution in [0.4, 0.5) is 5.95 Å². The maximum atomic E-state index is 5.20. The molecule has 1 atom stereocenters. The second-order valence-electron chi connectivity index (χ2n) is 6.19. The lowest BCUT2D eigenvalue weighted by Crippen LogP contribution is -2.35. The molecule has 0 saturated carbocycles. The lowest BCUT2D eigenvalue weighted by molar-refractivity contribution is 0.184. The molecule has 0 spiro atoms. The van der Waals surface area contributed by atoms with Crippen molar-refractivity contribution < 1.29 is 4.74 Å². The van der Waals surface area contributed by atoms with Crippen molar-refractivity contribution in [1.82, 2.24) is 14.5 Å². The number of methoxy groups -OCH3 is 1. The van der Waals surface area contributed by atoms with Gasteiger partial charge >= 0.3 is 0 Å². The highest BCUT2D eigenvalue weighted by atomic mass is 16.5. The number of piperidine rings is 1. The van der Waals surface area contributed by atoms with Crippen LogP contribution in [-0.2, 0) is 4.74 Å². The summed E-state index contributed by atoms with van der Waals surface area (Å²) in [7, 11) is 1.74. The summed E-state index contributed by atoms with van der Waals surface area (Å²) in [6.07, 6.45) is 5.85. The van der Waals surface area contributed by atoms with Crippen molar-refractivity contribution in [2.45, 2.75) is 52.1 Å². The van der Waals surface area contributed by atoms with Crippen LogP contribution in [0.1, 0.15) is 44.8 Å². The van der Waals surface area contributed by atoms with E-state index in [4.69, 9.17) is 4.74 Å². The first-order chi connectivity index (χ1) is 10.1. The van der Waals surface area contributed by atoms with E-state index in [2.05, 4.69) is 46.7 Å². The monoisotopic (exact) mass is 294 g/mol. The second-order valence-corrected chi connectivity index (χ2v) is 6.19. The molecular formula is C16H30N4O. The Bertz CT molecular complexity index is 424. The molecule has 5 heteroatoms. The number of hydrogen-bond acceptors (Lipinski definition) is 4. The van der Waals surface area contributed by atoms with Gasteiger partial charge in [-0.05, 0) is 39.7 Å². The topological polar surface area (TPSA) is 42.3 Å². The molecule has 1 aliphatic heterocycles. The van der Waals surface area contributed by atoms with E-state index in [-0.39, 0.29) is 6.04 Å². The minimum atomic E-state index is 0.274. The van der Waals surface area contributed by atoms with Gasteiger partial charge in [0.1, 0.15) is 0 Å². The Morgan fingerprint density at radius 3 is 2.76 bits per heavy atom. The second kappa shape index (κ2) is 7.80. The van der Waals surface area contributed by atoms with Crippen LogP contribution >= 0.6 is 0 Å². The first kappa shape index (κ1) is 16.3. The van der Waals surface area contributed by atoms with Crippen LogP contribution in [0.25, 0.3) is 0 Å². The van der Waals surface area contributed by atoms with E-state index < -0.39 is 0 Å². The molecule has 1 aromatic heterocycles. The smallest absolute Gasteiger partial charge is 0.203 e. The van der Waals surface area contributed by atoms with E-state index >= 15 is 0 Å². The Balaban J connectivity index is 2.00. The standard InChI is InChI=1S/C16H30N4O/c1-5-8-19-9-6-15(7-10-19)20-11-13(2)17-16(20)18-14(3)12-21-4/h11,14-15H,5-10,12H2,1-4H3,(H,17,18). The number of nitrogens with zero attached hydrogens (tertiary/aromatic N) is 3. The van der Waals surface area contributed by atoms with Gasteiger partial charge in [-0.1, -0.05) is 6.92 Å². The van der Waals surface area contributed by atoms with Crippen molar-refractivity contribution in [2.24, 2.45) is 0 Å². The number of hydrogen-bond donors (Lipinski definition) is 1. The Morgan fingerprint density at radius 2 is 2.14 bits per heavy atom. The fourth-order valence-corrected chi connectivity index (χ4v) is 3.15. The van der Waals surface area contributed by atoms with Gasteiger partial charge in [-0.3, -0.25) is 0 Å². The lowest BCUT2D eigenvalue weighted by atomic mass is 10.0. The minimum Gasteiger partial charge on any atom is -0.383 e. The molecule has 0 radical (unpaired) electrons. The van der Waals surface area contributed by atoms with Crippen molar-refractivity contribution >= 4 is 5.95 Å². The van der Waals surface area contributed by atoms with E-state index in [0.717, 1.165) is 11.6 Å². The first-order valence-electron chi connectivity index (χ1n) is 8.17. The Hall–Kier alpha value is -1.07. The summed E-state index contributed by atoms with van der Waals surface area (Å²) in [5.74, 6) is 0.992. The first-order valence-corrected chi connectivity index (χ1v) is 8.17. The van der Waals surface area contributed by atoms with Crippen molar-refractivity contribution in [3.05, 3.63) is 11.9 Å². The van der Waals surface area contributed by atoms with Gasteiger partial charge in [0.05, 0.1) is 12.3 Å². The van der Waals surface area contributed by atoms with Crippen LogP contribution in [0.3, 0.4) is 0 Å². The quantitative estimate of drug-likeness (QED) is 0.839. The highest BCUT2D eigenvalue weighted by Gasteiger charge is 2.22. The Kier molecular flexibility index (Phi) is 6.06. The molecule has 5 nitrogen and oxygen atoms in total. The molecule has 0 bridgehead atoms. The van der Waals surface area contributed by atoms with Crippen LogP contribution < -0.4 is 5.32 Å². The number of ether oxygens (including phenoxy) is 1. The number of imidazole rings is 1. The summed E-state index contributed by atoms with van der Waals surface area (Å²) in [5, 5.41) is 3.48. The van der Waals surface area contributed by atoms with Gasteiger partial charge in [0.2, 0.25) is 5.95 Å². The molecule has 1 saturated heterocycles. The zero-order chi connectivity index (χ0) is 15.2. The van der Waals surface area contributed by atoms with Crippen molar-refractivity contribution in [3.63, 3.8) is 0 Å². The third-order valence-corrected chi connectivity index (χ3v) is 4.14. The van der Waals surface area contributed by atoms with Gasteiger partial charge in [-0.2, -0.15) is 0 Å². The fourth-order valence-electron chi connectivity index (χ4n) is 3.15. The Labute approximate surface area is 128 Å². The molecule has 0 aliphatic carbocycles. The maximum Gasteiger partial charge on any atom is 0.203 e. The van der Waals surface area contributed by atoms with E-state index in [1.807, 2.05) is 0 Å². The van der Waals surface area contributed by atoms with Crippen LogP contribution in [0.2, 0.25) is 0 Å². The molecule has 2 heterocycles. The van der Waals surface area contributed by atoms with Gasteiger partial charge in [-0.15, -0.1) is 0 Å². The highest BCUT2D eigenvalue weighted by Crippen LogP contribution is 2.26. The third-order valence-electron chi connectivity index (χ3n) is 4.14. The summed E-state index contributed by atoms with van der Waals surface area (Å²) >= 11 is 0. The fraction of sp³-hybridized carbons (Fsp3) is 0.812.